The third-order valence-corrected chi connectivity index (χ3v) is 3.99. The van der Waals surface area contributed by atoms with Crippen molar-refractivity contribution >= 4 is 11.6 Å². The SMILES string of the molecule is CNc1ccccc1C(=O)NCCCC1CCCC1. The Kier molecular flexibility index (Phi) is 5.25. The van der Waals surface area contributed by atoms with E-state index in [0.29, 0.717) is 0 Å². The van der Waals surface area contributed by atoms with Crippen molar-refractivity contribution in [1.29, 1.82) is 0 Å². The lowest BCUT2D eigenvalue weighted by Crippen LogP contribution is -2.25. The van der Waals surface area contributed by atoms with E-state index in [1.54, 1.807) is 0 Å². The van der Waals surface area contributed by atoms with Gasteiger partial charge in [-0.3, -0.25) is 4.79 Å². The summed E-state index contributed by atoms with van der Waals surface area (Å²) < 4.78 is 0. The van der Waals surface area contributed by atoms with E-state index in [2.05, 4.69) is 10.6 Å². The first kappa shape index (κ1) is 13.9. The van der Waals surface area contributed by atoms with Gasteiger partial charge in [0.25, 0.3) is 5.91 Å². The van der Waals surface area contributed by atoms with Gasteiger partial charge < -0.3 is 10.6 Å². The second-order valence-electron chi connectivity index (χ2n) is 5.34. The molecule has 1 saturated carbocycles. The number of hydrogen-bond acceptors (Lipinski definition) is 2. The first-order valence-electron chi connectivity index (χ1n) is 7.36. The van der Waals surface area contributed by atoms with E-state index in [9.17, 15) is 4.79 Å². The lowest BCUT2D eigenvalue weighted by atomic mass is 10.0. The lowest BCUT2D eigenvalue weighted by Gasteiger charge is -2.11. The number of rotatable bonds is 6. The largest absolute Gasteiger partial charge is 0.387 e. The number of benzene rings is 1. The van der Waals surface area contributed by atoms with Crippen molar-refractivity contribution in [1.82, 2.24) is 5.32 Å². The Morgan fingerprint density at radius 1 is 1.26 bits per heavy atom. The molecule has 0 unspecified atom stereocenters. The van der Waals surface area contributed by atoms with Crippen molar-refractivity contribution in [2.45, 2.75) is 38.5 Å². The molecule has 0 radical (unpaired) electrons. The van der Waals surface area contributed by atoms with Gasteiger partial charge in [0.1, 0.15) is 0 Å². The molecule has 0 atom stereocenters. The molecular weight excluding hydrogens is 236 g/mol. The number of nitrogens with one attached hydrogen (secondary N) is 2. The van der Waals surface area contributed by atoms with E-state index >= 15 is 0 Å². The molecule has 0 bridgehead atoms. The topological polar surface area (TPSA) is 41.1 Å². The second kappa shape index (κ2) is 7.17. The Bertz CT molecular complexity index is 411. The molecule has 0 spiro atoms. The number of hydrogen-bond donors (Lipinski definition) is 2. The monoisotopic (exact) mass is 260 g/mol. The number of anilines is 1. The Hall–Kier alpha value is -1.51. The lowest BCUT2D eigenvalue weighted by molar-refractivity contribution is 0.0953. The first-order chi connectivity index (χ1) is 9.31. The number of para-hydroxylation sites is 1. The third-order valence-electron chi connectivity index (χ3n) is 3.99. The van der Waals surface area contributed by atoms with Crippen LogP contribution >= 0.6 is 0 Å². The predicted molar refractivity (Wildman–Crippen MR) is 79.5 cm³/mol. The van der Waals surface area contributed by atoms with Gasteiger partial charge in [-0.1, -0.05) is 37.8 Å². The summed E-state index contributed by atoms with van der Waals surface area (Å²) in [6.45, 7) is 0.785. The molecule has 2 rings (SSSR count). The molecule has 1 amide bonds. The van der Waals surface area contributed by atoms with Crippen LogP contribution in [0.1, 0.15) is 48.9 Å². The highest BCUT2D eigenvalue weighted by atomic mass is 16.1. The molecular formula is C16H24N2O. The molecule has 1 aromatic carbocycles. The molecule has 0 heterocycles. The highest BCUT2D eigenvalue weighted by Crippen LogP contribution is 2.28. The van der Waals surface area contributed by atoms with Gasteiger partial charge in [-0.25, -0.2) is 0 Å². The Morgan fingerprint density at radius 2 is 2.00 bits per heavy atom. The zero-order chi connectivity index (χ0) is 13.5. The molecule has 1 fully saturated rings. The molecule has 1 aliphatic rings. The minimum atomic E-state index is 0.0244. The third kappa shape index (κ3) is 3.98. The average Bonchev–Trinajstić information content (AvgIpc) is 2.96. The molecule has 19 heavy (non-hydrogen) atoms. The van der Waals surface area contributed by atoms with Crippen molar-refractivity contribution < 1.29 is 4.79 Å². The summed E-state index contributed by atoms with van der Waals surface area (Å²) in [4.78, 5) is 12.1. The van der Waals surface area contributed by atoms with E-state index < -0.39 is 0 Å². The molecule has 0 aromatic heterocycles. The van der Waals surface area contributed by atoms with Crippen LogP contribution in [0, 0.1) is 5.92 Å². The van der Waals surface area contributed by atoms with Crippen LogP contribution in [0.2, 0.25) is 0 Å². The second-order valence-corrected chi connectivity index (χ2v) is 5.34. The minimum absolute atomic E-state index is 0.0244. The zero-order valence-electron chi connectivity index (χ0n) is 11.7. The molecule has 3 nitrogen and oxygen atoms in total. The summed E-state index contributed by atoms with van der Waals surface area (Å²) in [5, 5.41) is 6.07. The Balaban J connectivity index is 1.74. The number of amides is 1. The highest BCUT2D eigenvalue weighted by molar-refractivity contribution is 5.99. The minimum Gasteiger partial charge on any atom is -0.387 e. The van der Waals surface area contributed by atoms with Crippen molar-refractivity contribution in [3.05, 3.63) is 29.8 Å². The average molecular weight is 260 g/mol. The molecule has 0 saturated heterocycles. The summed E-state index contributed by atoms with van der Waals surface area (Å²) >= 11 is 0. The number of carbonyl (C=O) groups excluding carboxylic acids is 1. The molecule has 1 aromatic rings. The molecule has 1 aliphatic carbocycles. The van der Waals surface area contributed by atoms with Gasteiger partial charge in [-0.15, -0.1) is 0 Å². The van der Waals surface area contributed by atoms with Gasteiger partial charge >= 0.3 is 0 Å². The van der Waals surface area contributed by atoms with E-state index in [4.69, 9.17) is 0 Å². The van der Waals surface area contributed by atoms with Crippen LogP contribution in [-0.4, -0.2) is 19.5 Å². The normalized spacial score (nSPS) is 15.4. The van der Waals surface area contributed by atoms with Crippen LogP contribution in [0.15, 0.2) is 24.3 Å². The number of carbonyl (C=O) groups is 1. The summed E-state index contributed by atoms with van der Waals surface area (Å²) in [5.74, 6) is 0.929. The Morgan fingerprint density at radius 3 is 2.74 bits per heavy atom. The smallest absolute Gasteiger partial charge is 0.253 e. The summed E-state index contributed by atoms with van der Waals surface area (Å²) in [6, 6.07) is 7.61. The van der Waals surface area contributed by atoms with Gasteiger partial charge in [-0.2, -0.15) is 0 Å². The van der Waals surface area contributed by atoms with Crippen molar-refractivity contribution in [2.75, 3.05) is 18.9 Å². The van der Waals surface area contributed by atoms with E-state index in [1.165, 1.54) is 32.1 Å². The molecule has 2 N–H and O–H groups in total. The molecule has 3 heteroatoms. The van der Waals surface area contributed by atoms with Crippen molar-refractivity contribution in [3.8, 4) is 0 Å². The molecule has 104 valence electrons. The van der Waals surface area contributed by atoms with Gasteiger partial charge in [-0.05, 0) is 30.9 Å². The summed E-state index contributed by atoms with van der Waals surface area (Å²) in [5.41, 5.74) is 1.61. The highest BCUT2D eigenvalue weighted by Gasteiger charge is 2.14. The van der Waals surface area contributed by atoms with E-state index in [-0.39, 0.29) is 5.91 Å². The van der Waals surface area contributed by atoms with Crippen LogP contribution in [-0.2, 0) is 0 Å². The van der Waals surface area contributed by atoms with Gasteiger partial charge in [0.15, 0.2) is 0 Å². The van der Waals surface area contributed by atoms with E-state index in [1.807, 2.05) is 31.3 Å². The van der Waals surface area contributed by atoms with Gasteiger partial charge in [0.05, 0.1) is 5.56 Å². The standard InChI is InChI=1S/C16H24N2O/c1-17-15-11-5-4-10-14(15)16(19)18-12-6-9-13-7-2-3-8-13/h4-5,10-11,13,17H,2-3,6-9,12H2,1H3,(H,18,19). The predicted octanol–water partition coefficient (Wildman–Crippen LogP) is 3.43. The van der Waals surface area contributed by atoms with Crippen LogP contribution in [0.3, 0.4) is 0 Å². The van der Waals surface area contributed by atoms with Crippen LogP contribution < -0.4 is 10.6 Å². The Labute approximate surface area is 115 Å². The zero-order valence-corrected chi connectivity index (χ0v) is 11.7. The summed E-state index contributed by atoms with van der Waals surface area (Å²) in [7, 11) is 1.84. The molecule has 0 aliphatic heterocycles. The summed E-state index contributed by atoms with van der Waals surface area (Å²) in [6.07, 6.45) is 7.91. The van der Waals surface area contributed by atoms with Gasteiger partial charge in [0, 0.05) is 19.3 Å². The fraction of sp³-hybridized carbons (Fsp3) is 0.562. The quantitative estimate of drug-likeness (QED) is 0.769. The van der Waals surface area contributed by atoms with Crippen molar-refractivity contribution in [2.24, 2.45) is 5.92 Å². The fourth-order valence-electron chi connectivity index (χ4n) is 2.89. The maximum Gasteiger partial charge on any atom is 0.253 e. The van der Waals surface area contributed by atoms with Crippen LogP contribution in [0.25, 0.3) is 0 Å². The maximum absolute atomic E-state index is 12.1. The van der Waals surface area contributed by atoms with E-state index in [0.717, 1.165) is 30.1 Å². The van der Waals surface area contributed by atoms with Crippen molar-refractivity contribution in [3.63, 3.8) is 0 Å². The van der Waals surface area contributed by atoms with Gasteiger partial charge in [0.2, 0.25) is 0 Å². The first-order valence-corrected chi connectivity index (χ1v) is 7.36. The maximum atomic E-state index is 12.1. The van der Waals surface area contributed by atoms with Crippen LogP contribution in [0.4, 0.5) is 5.69 Å². The van der Waals surface area contributed by atoms with Crippen LogP contribution in [0.5, 0.6) is 0 Å². The fourth-order valence-corrected chi connectivity index (χ4v) is 2.89.